The molecular weight excluding hydrogens is 403 g/mol. The Hall–Kier alpha value is -1.75. The molecule has 1 aromatic carbocycles. The minimum absolute atomic E-state index is 0. The molecule has 0 aliphatic carbocycles. The molecule has 0 unspecified atom stereocenters. The molecule has 126 valence electrons. The first-order valence-electron chi connectivity index (χ1n) is 7.50. The fraction of sp³-hybridized carbons (Fsp3) is 0.412. The van der Waals surface area contributed by atoms with E-state index in [1.807, 2.05) is 12.1 Å². The SMILES string of the molecule is C#Cc1cccc(NC(=O)CNC(=NC)NCCCCC)c1.I. The van der Waals surface area contributed by atoms with Crippen LogP contribution in [0.1, 0.15) is 31.7 Å². The Morgan fingerprint density at radius 2 is 2.09 bits per heavy atom. The number of carbonyl (C=O) groups is 1. The first-order chi connectivity index (χ1) is 10.7. The Bertz CT molecular complexity index is 552. The standard InChI is InChI=1S/C17H24N4O.HI/c1-4-6-7-11-19-17(18-3)20-13-16(22)21-15-10-8-9-14(5-2)12-15;/h2,8-10,12H,4,6-7,11,13H2,1,3H3,(H,21,22)(H2,18,19,20);1H. The lowest BCUT2D eigenvalue weighted by molar-refractivity contribution is -0.115. The van der Waals surface area contributed by atoms with Crippen molar-refractivity contribution in [1.82, 2.24) is 10.6 Å². The van der Waals surface area contributed by atoms with Gasteiger partial charge in [-0.1, -0.05) is 31.8 Å². The predicted molar refractivity (Wildman–Crippen MR) is 107 cm³/mol. The smallest absolute Gasteiger partial charge is 0.243 e. The third-order valence-electron chi connectivity index (χ3n) is 3.03. The zero-order chi connectivity index (χ0) is 16.2. The van der Waals surface area contributed by atoms with Crippen molar-refractivity contribution in [2.24, 2.45) is 4.99 Å². The number of halogens is 1. The molecule has 0 bridgehead atoms. The molecule has 0 saturated carbocycles. The monoisotopic (exact) mass is 428 g/mol. The van der Waals surface area contributed by atoms with Crippen LogP contribution < -0.4 is 16.0 Å². The van der Waals surface area contributed by atoms with Gasteiger partial charge in [-0.2, -0.15) is 0 Å². The molecule has 0 aliphatic heterocycles. The van der Waals surface area contributed by atoms with Crippen LogP contribution in [-0.2, 0) is 4.79 Å². The molecule has 23 heavy (non-hydrogen) atoms. The molecular formula is C17H25IN4O. The van der Waals surface area contributed by atoms with Crippen LogP contribution in [-0.4, -0.2) is 32.0 Å². The first kappa shape index (κ1) is 21.2. The van der Waals surface area contributed by atoms with E-state index in [4.69, 9.17) is 6.42 Å². The first-order valence-corrected chi connectivity index (χ1v) is 7.50. The summed E-state index contributed by atoms with van der Waals surface area (Å²) in [5.74, 6) is 3.02. The summed E-state index contributed by atoms with van der Waals surface area (Å²) in [4.78, 5) is 16.0. The van der Waals surface area contributed by atoms with Crippen molar-refractivity contribution in [1.29, 1.82) is 0 Å². The number of hydrogen-bond donors (Lipinski definition) is 3. The molecule has 0 radical (unpaired) electrons. The summed E-state index contributed by atoms with van der Waals surface area (Å²) in [6, 6.07) is 7.19. The normalized spacial score (nSPS) is 10.2. The van der Waals surface area contributed by atoms with Gasteiger partial charge in [0.2, 0.25) is 5.91 Å². The highest BCUT2D eigenvalue weighted by Crippen LogP contribution is 2.09. The van der Waals surface area contributed by atoms with Gasteiger partial charge < -0.3 is 16.0 Å². The van der Waals surface area contributed by atoms with Gasteiger partial charge >= 0.3 is 0 Å². The predicted octanol–water partition coefficient (Wildman–Crippen LogP) is 2.58. The number of nitrogens with one attached hydrogen (secondary N) is 3. The lowest BCUT2D eigenvalue weighted by Gasteiger charge is -2.12. The number of guanidine groups is 1. The van der Waals surface area contributed by atoms with Crippen molar-refractivity contribution >= 4 is 41.5 Å². The summed E-state index contributed by atoms with van der Waals surface area (Å²) in [5.41, 5.74) is 1.42. The van der Waals surface area contributed by atoms with Crippen LogP contribution in [0.25, 0.3) is 0 Å². The Balaban J connectivity index is 0.00000484. The maximum atomic E-state index is 11.9. The summed E-state index contributed by atoms with van der Waals surface area (Å²) in [6.45, 7) is 3.15. The maximum absolute atomic E-state index is 11.9. The maximum Gasteiger partial charge on any atom is 0.243 e. The second-order valence-electron chi connectivity index (χ2n) is 4.83. The summed E-state index contributed by atoms with van der Waals surface area (Å²) in [7, 11) is 1.68. The number of amides is 1. The van der Waals surface area contributed by atoms with Crippen molar-refractivity contribution in [3.63, 3.8) is 0 Å². The van der Waals surface area contributed by atoms with Crippen LogP contribution in [0.4, 0.5) is 5.69 Å². The van der Waals surface area contributed by atoms with Crippen LogP contribution in [0.5, 0.6) is 0 Å². The summed E-state index contributed by atoms with van der Waals surface area (Å²) >= 11 is 0. The fourth-order valence-electron chi connectivity index (χ4n) is 1.86. The van der Waals surface area contributed by atoms with E-state index in [1.165, 1.54) is 12.8 Å². The Morgan fingerprint density at radius 1 is 1.30 bits per heavy atom. The van der Waals surface area contributed by atoms with E-state index in [1.54, 1.807) is 19.2 Å². The van der Waals surface area contributed by atoms with E-state index in [0.717, 1.165) is 18.5 Å². The van der Waals surface area contributed by atoms with Crippen molar-refractivity contribution < 1.29 is 4.79 Å². The number of terminal acetylenes is 1. The van der Waals surface area contributed by atoms with Gasteiger partial charge in [0.25, 0.3) is 0 Å². The summed E-state index contributed by atoms with van der Waals surface area (Å²) in [6.07, 6.45) is 8.77. The highest BCUT2D eigenvalue weighted by atomic mass is 127. The van der Waals surface area contributed by atoms with Crippen LogP contribution in [0.15, 0.2) is 29.3 Å². The highest BCUT2D eigenvalue weighted by Gasteiger charge is 2.04. The highest BCUT2D eigenvalue weighted by molar-refractivity contribution is 14.0. The van der Waals surface area contributed by atoms with E-state index in [2.05, 4.69) is 33.8 Å². The minimum atomic E-state index is -0.148. The number of nitrogens with zero attached hydrogens (tertiary/aromatic N) is 1. The van der Waals surface area contributed by atoms with Crippen LogP contribution in [0.2, 0.25) is 0 Å². The molecule has 0 spiro atoms. The van der Waals surface area contributed by atoms with E-state index in [9.17, 15) is 4.79 Å². The molecule has 5 nitrogen and oxygen atoms in total. The van der Waals surface area contributed by atoms with E-state index in [-0.39, 0.29) is 36.4 Å². The molecule has 0 aliphatic rings. The summed E-state index contributed by atoms with van der Waals surface area (Å²) < 4.78 is 0. The Morgan fingerprint density at radius 3 is 2.74 bits per heavy atom. The van der Waals surface area contributed by atoms with Crippen molar-refractivity contribution in [3.05, 3.63) is 29.8 Å². The van der Waals surface area contributed by atoms with Gasteiger partial charge in [-0.05, 0) is 24.6 Å². The largest absolute Gasteiger partial charge is 0.356 e. The number of aliphatic imine (C=N–C) groups is 1. The van der Waals surface area contributed by atoms with E-state index in [0.29, 0.717) is 11.6 Å². The van der Waals surface area contributed by atoms with Crippen molar-refractivity contribution in [3.8, 4) is 12.3 Å². The topological polar surface area (TPSA) is 65.5 Å². The molecule has 0 heterocycles. The van der Waals surface area contributed by atoms with E-state index >= 15 is 0 Å². The number of benzene rings is 1. The third kappa shape index (κ3) is 9.08. The average molecular weight is 428 g/mol. The number of unbranched alkanes of at least 4 members (excludes halogenated alkanes) is 2. The van der Waals surface area contributed by atoms with Gasteiger partial charge in [0.05, 0.1) is 6.54 Å². The van der Waals surface area contributed by atoms with Gasteiger partial charge in [-0.3, -0.25) is 9.79 Å². The summed E-state index contributed by atoms with van der Waals surface area (Å²) in [5, 5.41) is 8.95. The van der Waals surface area contributed by atoms with Crippen LogP contribution >= 0.6 is 24.0 Å². The molecule has 1 amide bonds. The molecule has 1 aromatic rings. The molecule has 0 atom stereocenters. The van der Waals surface area contributed by atoms with Gasteiger partial charge in [0.1, 0.15) is 0 Å². The Labute approximate surface area is 155 Å². The fourth-order valence-corrected chi connectivity index (χ4v) is 1.86. The minimum Gasteiger partial charge on any atom is -0.356 e. The van der Waals surface area contributed by atoms with Crippen LogP contribution in [0.3, 0.4) is 0 Å². The molecule has 0 aromatic heterocycles. The zero-order valence-electron chi connectivity index (χ0n) is 13.7. The van der Waals surface area contributed by atoms with Crippen molar-refractivity contribution in [2.75, 3.05) is 25.5 Å². The van der Waals surface area contributed by atoms with Crippen LogP contribution in [0, 0.1) is 12.3 Å². The van der Waals surface area contributed by atoms with Gasteiger partial charge in [0.15, 0.2) is 5.96 Å². The lowest BCUT2D eigenvalue weighted by Crippen LogP contribution is -2.41. The molecule has 1 rings (SSSR count). The van der Waals surface area contributed by atoms with Gasteiger partial charge in [-0.25, -0.2) is 0 Å². The quantitative estimate of drug-likeness (QED) is 0.206. The van der Waals surface area contributed by atoms with Gasteiger partial charge in [-0.15, -0.1) is 30.4 Å². The molecule has 3 N–H and O–H groups in total. The second-order valence-corrected chi connectivity index (χ2v) is 4.83. The van der Waals surface area contributed by atoms with E-state index < -0.39 is 0 Å². The molecule has 0 saturated heterocycles. The number of hydrogen-bond acceptors (Lipinski definition) is 2. The molecule has 6 heteroatoms. The zero-order valence-corrected chi connectivity index (χ0v) is 16.0. The number of rotatable bonds is 7. The molecule has 0 fully saturated rings. The lowest BCUT2D eigenvalue weighted by atomic mass is 10.2. The van der Waals surface area contributed by atoms with Gasteiger partial charge in [0, 0.05) is 24.8 Å². The second kappa shape index (κ2) is 12.8. The Kier molecular flexibility index (Phi) is 11.8. The average Bonchev–Trinajstić information content (AvgIpc) is 2.54. The number of anilines is 1. The van der Waals surface area contributed by atoms with Crippen molar-refractivity contribution in [2.45, 2.75) is 26.2 Å². The number of carbonyl (C=O) groups excluding carboxylic acids is 1. The third-order valence-corrected chi connectivity index (χ3v) is 3.03.